The molecule has 0 spiro atoms. The highest BCUT2D eigenvalue weighted by Crippen LogP contribution is 2.33. The molecule has 11 heteroatoms. The lowest BCUT2D eigenvalue weighted by molar-refractivity contribution is -0.129. The van der Waals surface area contributed by atoms with Gasteiger partial charge in [-0.15, -0.1) is 0 Å². The van der Waals surface area contributed by atoms with Gasteiger partial charge in [0.1, 0.15) is 17.6 Å². The zero-order chi connectivity index (χ0) is 23.7. The molecule has 4 aromatic rings. The third kappa shape index (κ3) is 4.12. The van der Waals surface area contributed by atoms with Crippen LogP contribution in [0.25, 0.3) is 28.5 Å². The molecule has 0 unspecified atom stereocenters. The van der Waals surface area contributed by atoms with Gasteiger partial charge in [0.25, 0.3) is 0 Å². The summed E-state index contributed by atoms with van der Waals surface area (Å²) in [6.07, 6.45) is 7.28. The number of nitrogen functional groups attached to an aromatic ring is 1. The van der Waals surface area contributed by atoms with Crippen LogP contribution in [0.15, 0.2) is 41.4 Å². The van der Waals surface area contributed by atoms with Gasteiger partial charge < -0.3 is 19.5 Å². The first-order chi connectivity index (χ1) is 15.8. The molecule has 0 radical (unpaired) electrons. The molecule has 0 saturated heterocycles. The number of pyridine rings is 1. The van der Waals surface area contributed by atoms with E-state index in [1.54, 1.807) is 27.2 Å². The molecule has 0 saturated carbocycles. The fourth-order valence-electron chi connectivity index (χ4n) is 3.46. The summed E-state index contributed by atoms with van der Waals surface area (Å²) in [6.45, 7) is 3.69. The number of aromatic nitrogens is 5. The summed E-state index contributed by atoms with van der Waals surface area (Å²) in [7, 11) is 3.32. The first-order valence-electron chi connectivity index (χ1n) is 10.3. The van der Waals surface area contributed by atoms with Crippen LogP contribution in [0.1, 0.15) is 19.0 Å². The van der Waals surface area contributed by atoms with E-state index in [-0.39, 0.29) is 29.9 Å². The molecule has 4 aromatic heterocycles. The molecule has 0 bridgehead atoms. The zero-order valence-corrected chi connectivity index (χ0v) is 18.8. The second kappa shape index (κ2) is 8.69. The first-order valence-corrected chi connectivity index (χ1v) is 10.3. The number of oxazole rings is 1. The summed E-state index contributed by atoms with van der Waals surface area (Å²) in [5, 5.41) is 0. The Morgan fingerprint density at radius 1 is 1.24 bits per heavy atom. The highest BCUT2D eigenvalue weighted by Gasteiger charge is 2.26. The van der Waals surface area contributed by atoms with Crippen LogP contribution in [0.2, 0.25) is 0 Å². The Labute approximate surface area is 189 Å². The summed E-state index contributed by atoms with van der Waals surface area (Å²) in [5.74, 6) is 0.283. The molecular weight excluding hydrogens is 424 g/mol. The fourth-order valence-corrected chi connectivity index (χ4v) is 3.46. The second-order valence-corrected chi connectivity index (χ2v) is 7.87. The minimum atomic E-state index is -0.493. The van der Waals surface area contributed by atoms with Crippen LogP contribution in [0, 0.1) is 6.92 Å². The number of imidazole rings is 1. The third-order valence-electron chi connectivity index (χ3n) is 5.30. The Morgan fingerprint density at radius 2 is 2.03 bits per heavy atom. The summed E-state index contributed by atoms with van der Waals surface area (Å²) in [6, 6.07) is 3.21. The number of amides is 2. The van der Waals surface area contributed by atoms with Crippen molar-refractivity contribution in [3.8, 4) is 22.8 Å². The number of anilines is 2. The molecular formula is C22H24N8O3. The summed E-state index contributed by atoms with van der Waals surface area (Å²) in [5.41, 5.74) is 9.41. The standard InChI is InChI=1S/C22H24N8O3/c1-13(9-17(32)28(3)4)30(12-31)21-20(23)26-19(22-24-7-8-33-22)18(27-21)15-5-6-16-25-10-14(2)29(16)11-15/h5-8,10-13H,9H2,1-4H3,(H2,23,26)/t13-/m0/s1. The first kappa shape index (κ1) is 21.9. The molecule has 1 atom stereocenters. The van der Waals surface area contributed by atoms with Crippen LogP contribution in [0.4, 0.5) is 11.6 Å². The maximum absolute atomic E-state index is 12.2. The zero-order valence-electron chi connectivity index (χ0n) is 18.8. The van der Waals surface area contributed by atoms with E-state index >= 15 is 0 Å². The molecule has 0 fully saturated rings. The highest BCUT2D eigenvalue weighted by atomic mass is 16.3. The van der Waals surface area contributed by atoms with E-state index in [0.717, 1.165) is 11.3 Å². The Hall–Kier alpha value is -4.28. The molecule has 2 N–H and O–H groups in total. The number of hydrogen-bond acceptors (Lipinski definition) is 8. The second-order valence-electron chi connectivity index (χ2n) is 7.87. The predicted molar refractivity (Wildman–Crippen MR) is 122 cm³/mol. The molecule has 2 amide bonds. The third-order valence-corrected chi connectivity index (χ3v) is 5.30. The largest absolute Gasteiger partial charge is 0.443 e. The number of aryl methyl sites for hydroxylation is 1. The average Bonchev–Trinajstić information content (AvgIpc) is 3.45. The summed E-state index contributed by atoms with van der Waals surface area (Å²) >= 11 is 0. The van der Waals surface area contributed by atoms with Crippen molar-refractivity contribution in [3.63, 3.8) is 0 Å². The van der Waals surface area contributed by atoms with Crippen LogP contribution in [-0.4, -0.2) is 61.7 Å². The van der Waals surface area contributed by atoms with Gasteiger partial charge in [0.15, 0.2) is 17.3 Å². The topological polar surface area (TPSA) is 136 Å². The number of fused-ring (bicyclic) bond motifs is 1. The monoisotopic (exact) mass is 448 g/mol. The van der Waals surface area contributed by atoms with Crippen LogP contribution in [-0.2, 0) is 9.59 Å². The van der Waals surface area contributed by atoms with Gasteiger partial charge in [0, 0.05) is 50.2 Å². The van der Waals surface area contributed by atoms with Gasteiger partial charge in [-0.2, -0.15) is 0 Å². The number of nitrogens with two attached hydrogens (primary N) is 1. The van der Waals surface area contributed by atoms with E-state index in [2.05, 4.69) is 15.0 Å². The van der Waals surface area contributed by atoms with Gasteiger partial charge in [-0.25, -0.2) is 19.9 Å². The van der Waals surface area contributed by atoms with Gasteiger partial charge in [-0.05, 0) is 26.0 Å². The van der Waals surface area contributed by atoms with E-state index in [1.165, 1.54) is 22.3 Å². The number of carbonyl (C=O) groups excluding carboxylic acids is 2. The maximum atomic E-state index is 12.2. The maximum Gasteiger partial charge on any atom is 0.247 e. The van der Waals surface area contributed by atoms with Crippen LogP contribution < -0.4 is 10.6 Å². The molecule has 170 valence electrons. The molecule has 4 heterocycles. The lowest BCUT2D eigenvalue weighted by Gasteiger charge is -2.26. The van der Waals surface area contributed by atoms with E-state index < -0.39 is 6.04 Å². The van der Waals surface area contributed by atoms with Crippen LogP contribution in [0.3, 0.4) is 0 Å². The van der Waals surface area contributed by atoms with Gasteiger partial charge in [-0.1, -0.05) is 0 Å². The van der Waals surface area contributed by atoms with E-state index in [9.17, 15) is 9.59 Å². The van der Waals surface area contributed by atoms with E-state index in [1.807, 2.05) is 29.7 Å². The minimum Gasteiger partial charge on any atom is -0.443 e. The van der Waals surface area contributed by atoms with Crippen molar-refractivity contribution >= 4 is 29.6 Å². The van der Waals surface area contributed by atoms with Crippen LogP contribution >= 0.6 is 0 Å². The molecule has 0 aromatic carbocycles. The highest BCUT2D eigenvalue weighted by molar-refractivity contribution is 5.86. The van der Waals surface area contributed by atoms with Crippen molar-refractivity contribution in [2.75, 3.05) is 24.7 Å². The number of rotatable bonds is 7. The molecule has 11 nitrogen and oxygen atoms in total. The summed E-state index contributed by atoms with van der Waals surface area (Å²) in [4.78, 5) is 44.8. The molecule has 33 heavy (non-hydrogen) atoms. The molecule has 0 aliphatic heterocycles. The quantitative estimate of drug-likeness (QED) is 0.425. The number of carbonyl (C=O) groups is 2. The van der Waals surface area contributed by atoms with Crippen molar-refractivity contribution in [2.24, 2.45) is 0 Å². The average molecular weight is 448 g/mol. The van der Waals surface area contributed by atoms with Crippen molar-refractivity contribution in [1.82, 2.24) is 29.2 Å². The van der Waals surface area contributed by atoms with Crippen molar-refractivity contribution < 1.29 is 14.0 Å². The Balaban J connectivity index is 1.86. The SMILES string of the molecule is Cc1cnc2ccc(-c3nc(N(C=O)[C@@H](C)CC(=O)N(C)C)c(N)nc3-c3ncco3)cn12. The lowest BCUT2D eigenvalue weighted by atomic mass is 10.1. The van der Waals surface area contributed by atoms with Gasteiger partial charge in [0.05, 0.1) is 6.20 Å². The van der Waals surface area contributed by atoms with Crippen molar-refractivity contribution in [2.45, 2.75) is 26.3 Å². The molecule has 0 aliphatic carbocycles. The number of nitrogens with zero attached hydrogens (tertiary/aromatic N) is 7. The van der Waals surface area contributed by atoms with Crippen molar-refractivity contribution in [3.05, 3.63) is 42.7 Å². The van der Waals surface area contributed by atoms with Gasteiger partial charge >= 0.3 is 0 Å². The van der Waals surface area contributed by atoms with Crippen molar-refractivity contribution in [1.29, 1.82) is 0 Å². The van der Waals surface area contributed by atoms with Gasteiger partial charge in [0.2, 0.25) is 18.2 Å². The Bertz CT molecular complexity index is 1310. The Morgan fingerprint density at radius 3 is 2.70 bits per heavy atom. The Kier molecular flexibility index (Phi) is 5.78. The smallest absolute Gasteiger partial charge is 0.247 e. The van der Waals surface area contributed by atoms with Crippen LogP contribution in [0.5, 0.6) is 0 Å². The van der Waals surface area contributed by atoms with Gasteiger partial charge in [-0.3, -0.25) is 14.5 Å². The minimum absolute atomic E-state index is 0.0168. The van der Waals surface area contributed by atoms with E-state index in [0.29, 0.717) is 23.4 Å². The fraction of sp³-hybridized carbons (Fsp3) is 0.273. The lowest BCUT2D eigenvalue weighted by Crippen LogP contribution is -2.37. The molecule has 0 aliphatic rings. The molecule has 4 rings (SSSR count). The normalized spacial score (nSPS) is 12.0. The van der Waals surface area contributed by atoms with E-state index in [4.69, 9.17) is 15.1 Å². The number of hydrogen-bond donors (Lipinski definition) is 1. The predicted octanol–water partition coefficient (Wildman–Crippen LogP) is 2.17. The summed E-state index contributed by atoms with van der Waals surface area (Å²) < 4.78 is 7.38.